The van der Waals surface area contributed by atoms with Crippen LogP contribution >= 0.6 is 11.8 Å². The Morgan fingerprint density at radius 3 is 2.85 bits per heavy atom. The second kappa shape index (κ2) is 5.33. The van der Waals surface area contributed by atoms with Crippen LogP contribution in [0.2, 0.25) is 0 Å². The molecule has 0 atom stereocenters. The van der Waals surface area contributed by atoms with E-state index in [9.17, 15) is 0 Å². The number of nitrogens with two attached hydrogens (primary N) is 1. The van der Waals surface area contributed by atoms with Crippen molar-refractivity contribution in [2.75, 3.05) is 12.3 Å². The van der Waals surface area contributed by atoms with Crippen molar-refractivity contribution in [1.82, 2.24) is 19.9 Å². The SMILES string of the molecule is CCOc1nc(N)nc(Sc2nc3ccccc3o2)n1. The number of nitrogens with zero attached hydrogens (tertiary/aromatic N) is 4. The molecule has 0 amide bonds. The molecule has 2 N–H and O–H groups in total. The molecule has 8 heteroatoms. The van der Waals surface area contributed by atoms with Crippen molar-refractivity contribution in [2.45, 2.75) is 17.3 Å². The molecule has 0 radical (unpaired) electrons. The maximum absolute atomic E-state index is 5.61. The topological polar surface area (TPSA) is 100.0 Å². The lowest BCUT2D eigenvalue weighted by molar-refractivity contribution is 0.308. The molecule has 0 saturated heterocycles. The van der Waals surface area contributed by atoms with Crippen molar-refractivity contribution >= 4 is 28.8 Å². The number of anilines is 1. The third-order valence-corrected chi connectivity index (χ3v) is 3.05. The number of nitrogen functional groups attached to an aromatic ring is 1. The molecule has 0 saturated carbocycles. The van der Waals surface area contributed by atoms with Gasteiger partial charge in [0.1, 0.15) is 5.52 Å². The van der Waals surface area contributed by atoms with Crippen LogP contribution in [0.3, 0.4) is 0 Å². The molecule has 0 aliphatic carbocycles. The van der Waals surface area contributed by atoms with Crippen LogP contribution in [0.25, 0.3) is 11.1 Å². The van der Waals surface area contributed by atoms with Crippen LogP contribution in [0.4, 0.5) is 5.95 Å². The first kappa shape index (κ1) is 12.7. The van der Waals surface area contributed by atoms with Gasteiger partial charge in [-0.1, -0.05) is 12.1 Å². The molecule has 3 aromatic rings. The Labute approximate surface area is 118 Å². The summed E-state index contributed by atoms with van der Waals surface area (Å²) < 4.78 is 10.8. The Morgan fingerprint density at radius 2 is 2.05 bits per heavy atom. The van der Waals surface area contributed by atoms with E-state index >= 15 is 0 Å². The van der Waals surface area contributed by atoms with Gasteiger partial charge >= 0.3 is 6.01 Å². The largest absolute Gasteiger partial charge is 0.464 e. The predicted octanol–water partition coefficient (Wildman–Crippen LogP) is 2.14. The van der Waals surface area contributed by atoms with Gasteiger partial charge in [0.15, 0.2) is 5.58 Å². The first-order valence-corrected chi connectivity index (χ1v) is 6.74. The number of oxazole rings is 1. The Kier molecular flexibility index (Phi) is 3.38. The molecule has 7 nitrogen and oxygen atoms in total. The summed E-state index contributed by atoms with van der Waals surface area (Å²) in [4.78, 5) is 16.4. The fraction of sp³-hybridized carbons (Fsp3) is 0.167. The lowest BCUT2D eigenvalue weighted by atomic mass is 10.3. The minimum atomic E-state index is 0.0991. The normalized spacial score (nSPS) is 10.8. The monoisotopic (exact) mass is 289 g/mol. The number of benzene rings is 1. The highest BCUT2D eigenvalue weighted by molar-refractivity contribution is 7.98. The fourth-order valence-corrected chi connectivity index (χ4v) is 2.26. The van der Waals surface area contributed by atoms with Crippen LogP contribution in [0.1, 0.15) is 6.92 Å². The van der Waals surface area contributed by atoms with Crippen LogP contribution in [-0.4, -0.2) is 26.5 Å². The van der Waals surface area contributed by atoms with Crippen molar-refractivity contribution in [3.8, 4) is 6.01 Å². The minimum Gasteiger partial charge on any atom is -0.464 e. The lowest BCUT2D eigenvalue weighted by Gasteiger charge is -2.02. The van der Waals surface area contributed by atoms with Gasteiger partial charge < -0.3 is 14.9 Å². The van der Waals surface area contributed by atoms with Crippen LogP contribution in [-0.2, 0) is 0 Å². The summed E-state index contributed by atoms with van der Waals surface area (Å²) >= 11 is 1.17. The van der Waals surface area contributed by atoms with Gasteiger partial charge in [-0.2, -0.15) is 15.0 Å². The summed E-state index contributed by atoms with van der Waals surface area (Å²) in [6.07, 6.45) is 0. The molecule has 0 fully saturated rings. The van der Waals surface area contributed by atoms with Gasteiger partial charge in [-0.25, -0.2) is 4.98 Å². The molecular formula is C12H11N5O2S. The third kappa shape index (κ3) is 2.64. The number of ether oxygens (including phenoxy) is 1. The van der Waals surface area contributed by atoms with Crippen LogP contribution < -0.4 is 10.5 Å². The van der Waals surface area contributed by atoms with Gasteiger partial charge in [0.25, 0.3) is 5.22 Å². The molecule has 102 valence electrons. The van der Waals surface area contributed by atoms with Crippen LogP contribution in [0.15, 0.2) is 39.1 Å². The molecular weight excluding hydrogens is 278 g/mol. The van der Waals surface area contributed by atoms with Gasteiger partial charge in [-0.05, 0) is 19.1 Å². The number of para-hydroxylation sites is 2. The van der Waals surface area contributed by atoms with Crippen LogP contribution in [0.5, 0.6) is 6.01 Å². The maximum Gasteiger partial charge on any atom is 0.322 e. The highest BCUT2D eigenvalue weighted by Crippen LogP contribution is 2.28. The Balaban J connectivity index is 1.90. The molecule has 3 rings (SSSR count). The first-order valence-electron chi connectivity index (χ1n) is 5.92. The van der Waals surface area contributed by atoms with E-state index in [2.05, 4.69) is 19.9 Å². The molecule has 1 aromatic carbocycles. The molecule has 0 unspecified atom stereocenters. The summed E-state index contributed by atoms with van der Waals surface area (Å²) in [5.74, 6) is 0.0991. The molecule has 2 heterocycles. The van der Waals surface area contributed by atoms with E-state index < -0.39 is 0 Å². The van der Waals surface area contributed by atoms with Gasteiger partial charge in [-0.15, -0.1) is 0 Å². The summed E-state index contributed by atoms with van der Waals surface area (Å²) in [5.41, 5.74) is 7.10. The zero-order valence-electron chi connectivity index (χ0n) is 10.6. The number of aromatic nitrogens is 4. The maximum atomic E-state index is 5.61. The zero-order valence-corrected chi connectivity index (χ0v) is 11.4. The van der Waals surface area contributed by atoms with Gasteiger partial charge in [0.2, 0.25) is 11.1 Å². The predicted molar refractivity (Wildman–Crippen MR) is 73.5 cm³/mol. The third-order valence-electron chi connectivity index (χ3n) is 2.34. The summed E-state index contributed by atoms with van der Waals surface area (Å²) in [6.45, 7) is 2.30. The van der Waals surface area contributed by atoms with E-state index in [-0.39, 0.29) is 12.0 Å². The number of hydrogen-bond donors (Lipinski definition) is 1. The van der Waals surface area contributed by atoms with Gasteiger partial charge in [0.05, 0.1) is 6.61 Å². The van der Waals surface area contributed by atoms with Crippen molar-refractivity contribution in [1.29, 1.82) is 0 Å². The molecule has 0 spiro atoms. The zero-order chi connectivity index (χ0) is 13.9. The first-order chi connectivity index (χ1) is 9.74. The summed E-state index contributed by atoms with van der Waals surface area (Å²) in [7, 11) is 0. The molecule has 0 aliphatic heterocycles. The highest BCUT2D eigenvalue weighted by atomic mass is 32.2. The van der Waals surface area contributed by atoms with Crippen LogP contribution in [0, 0.1) is 0 Å². The van der Waals surface area contributed by atoms with E-state index in [1.165, 1.54) is 11.8 Å². The van der Waals surface area contributed by atoms with E-state index in [4.69, 9.17) is 14.9 Å². The Bertz CT molecular complexity index is 713. The quantitative estimate of drug-likeness (QED) is 0.779. The molecule has 2 aromatic heterocycles. The smallest absolute Gasteiger partial charge is 0.322 e. The van der Waals surface area contributed by atoms with E-state index in [0.29, 0.717) is 22.6 Å². The van der Waals surface area contributed by atoms with E-state index in [0.717, 1.165) is 5.52 Å². The van der Waals surface area contributed by atoms with Crippen molar-refractivity contribution in [2.24, 2.45) is 0 Å². The Morgan fingerprint density at radius 1 is 1.20 bits per heavy atom. The summed E-state index contributed by atoms with van der Waals surface area (Å²) in [5, 5.41) is 0.826. The van der Waals surface area contributed by atoms with E-state index in [1.54, 1.807) is 0 Å². The lowest BCUT2D eigenvalue weighted by Crippen LogP contribution is -2.04. The Hall–Kier alpha value is -2.35. The number of fused-ring (bicyclic) bond motifs is 1. The van der Waals surface area contributed by atoms with Gasteiger partial charge in [-0.3, -0.25) is 0 Å². The standard InChI is InChI=1S/C12H11N5O2S/c1-2-18-10-15-9(13)16-11(17-10)20-12-14-7-5-3-4-6-8(7)19-12/h3-6H,2H2,1H3,(H2,13,15,16,17). The second-order valence-electron chi connectivity index (χ2n) is 3.74. The van der Waals surface area contributed by atoms with Crippen molar-refractivity contribution < 1.29 is 9.15 Å². The molecule has 0 bridgehead atoms. The van der Waals surface area contributed by atoms with Crippen molar-refractivity contribution in [3.05, 3.63) is 24.3 Å². The van der Waals surface area contributed by atoms with Gasteiger partial charge in [0, 0.05) is 11.8 Å². The molecule has 0 aliphatic rings. The molecule has 20 heavy (non-hydrogen) atoms. The fourth-order valence-electron chi connectivity index (χ4n) is 1.56. The average molecular weight is 289 g/mol. The average Bonchev–Trinajstić information content (AvgIpc) is 2.80. The summed E-state index contributed by atoms with van der Waals surface area (Å²) in [6, 6.07) is 7.69. The second-order valence-corrected chi connectivity index (χ2v) is 4.66. The minimum absolute atomic E-state index is 0.0991. The van der Waals surface area contributed by atoms with Crippen molar-refractivity contribution in [3.63, 3.8) is 0 Å². The van der Waals surface area contributed by atoms with E-state index in [1.807, 2.05) is 31.2 Å². The highest BCUT2D eigenvalue weighted by Gasteiger charge is 2.11. The number of hydrogen-bond acceptors (Lipinski definition) is 8. The number of rotatable bonds is 4.